The van der Waals surface area contributed by atoms with Crippen molar-refractivity contribution >= 4 is 5.69 Å². The summed E-state index contributed by atoms with van der Waals surface area (Å²) < 4.78 is 11.2. The van der Waals surface area contributed by atoms with Crippen LogP contribution in [0.4, 0.5) is 5.69 Å². The molecule has 0 aromatic heterocycles. The van der Waals surface area contributed by atoms with E-state index in [0.717, 1.165) is 23.7 Å². The molecular weight excluding hydrogens is 228 g/mol. The summed E-state index contributed by atoms with van der Waals surface area (Å²) >= 11 is 0. The molecule has 0 bridgehead atoms. The first kappa shape index (κ1) is 13.0. The Kier molecular flexibility index (Phi) is 3.66. The van der Waals surface area contributed by atoms with Crippen LogP contribution in [0.15, 0.2) is 12.1 Å². The minimum absolute atomic E-state index is 0.0106. The average molecular weight is 250 g/mol. The van der Waals surface area contributed by atoms with Crippen LogP contribution in [-0.2, 0) is 0 Å². The number of benzene rings is 1. The number of aryl methyl sites for hydroxylation is 1. The number of fused-ring (bicyclic) bond motifs is 1. The van der Waals surface area contributed by atoms with Crippen molar-refractivity contribution in [3.63, 3.8) is 0 Å². The Morgan fingerprint density at radius 2 is 1.78 bits per heavy atom. The van der Waals surface area contributed by atoms with Gasteiger partial charge in [0, 0.05) is 23.8 Å². The molecule has 0 aliphatic carbocycles. The quantitative estimate of drug-likeness (QED) is 0.859. The van der Waals surface area contributed by atoms with Gasteiger partial charge in [0.05, 0.1) is 0 Å². The van der Waals surface area contributed by atoms with Gasteiger partial charge in [-0.15, -0.1) is 0 Å². The Morgan fingerprint density at radius 3 is 2.39 bits per heavy atom. The molecule has 0 saturated heterocycles. The van der Waals surface area contributed by atoms with Crippen molar-refractivity contribution in [2.45, 2.75) is 26.3 Å². The highest BCUT2D eigenvalue weighted by Gasteiger charge is 2.20. The summed E-state index contributed by atoms with van der Waals surface area (Å²) in [6.45, 7) is 8.55. The lowest BCUT2D eigenvalue weighted by Crippen LogP contribution is -2.40. The van der Waals surface area contributed by atoms with Gasteiger partial charge >= 0.3 is 0 Å². The van der Waals surface area contributed by atoms with Crippen molar-refractivity contribution < 1.29 is 9.47 Å². The molecule has 1 aromatic carbocycles. The molecule has 100 valence electrons. The Bertz CT molecular complexity index is 430. The van der Waals surface area contributed by atoms with Crippen molar-refractivity contribution in [1.29, 1.82) is 0 Å². The molecule has 0 saturated carbocycles. The SMILES string of the molecule is CNCC(C)(C)Nc1cc2c(cc1C)OCCO2. The van der Waals surface area contributed by atoms with Crippen LogP contribution in [0.1, 0.15) is 19.4 Å². The van der Waals surface area contributed by atoms with E-state index in [1.807, 2.05) is 19.2 Å². The predicted octanol–water partition coefficient (Wildman–Crippen LogP) is 2.18. The third kappa shape index (κ3) is 2.88. The van der Waals surface area contributed by atoms with E-state index >= 15 is 0 Å². The van der Waals surface area contributed by atoms with E-state index in [0.29, 0.717) is 13.2 Å². The van der Waals surface area contributed by atoms with Gasteiger partial charge in [-0.3, -0.25) is 0 Å². The second-order valence-corrected chi connectivity index (χ2v) is 5.35. The summed E-state index contributed by atoms with van der Waals surface area (Å²) in [7, 11) is 1.96. The monoisotopic (exact) mass is 250 g/mol. The van der Waals surface area contributed by atoms with E-state index in [1.54, 1.807) is 0 Å². The molecule has 0 radical (unpaired) electrons. The summed E-state index contributed by atoms with van der Waals surface area (Å²) in [6, 6.07) is 4.06. The van der Waals surface area contributed by atoms with Crippen LogP contribution in [-0.4, -0.2) is 32.3 Å². The number of anilines is 1. The second-order valence-electron chi connectivity index (χ2n) is 5.35. The molecule has 1 heterocycles. The summed E-state index contributed by atoms with van der Waals surface area (Å²) in [4.78, 5) is 0. The Balaban J connectivity index is 2.23. The second kappa shape index (κ2) is 5.06. The van der Waals surface area contributed by atoms with E-state index in [1.165, 1.54) is 5.56 Å². The molecule has 0 spiro atoms. The van der Waals surface area contributed by atoms with Crippen molar-refractivity contribution in [2.24, 2.45) is 0 Å². The van der Waals surface area contributed by atoms with Crippen LogP contribution in [0, 0.1) is 6.92 Å². The van der Waals surface area contributed by atoms with Gasteiger partial charge in [-0.05, 0) is 39.4 Å². The lowest BCUT2D eigenvalue weighted by atomic mass is 10.0. The van der Waals surface area contributed by atoms with Gasteiger partial charge in [0.25, 0.3) is 0 Å². The van der Waals surface area contributed by atoms with E-state index in [2.05, 4.69) is 31.4 Å². The molecule has 18 heavy (non-hydrogen) atoms. The number of nitrogens with one attached hydrogen (secondary N) is 2. The molecule has 4 heteroatoms. The molecule has 2 rings (SSSR count). The van der Waals surface area contributed by atoms with Crippen LogP contribution < -0.4 is 20.1 Å². The summed E-state index contributed by atoms with van der Waals surface area (Å²) in [5, 5.41) is 6.73. The number of likely N-dealkylation sites (N-methyl/N-ethyl adjacent to an activating group) is 1. The zero-order valence-corrected chi connectivity index (χ0v) is 11.6. The first-order chi connectivity index (χ1) is 8.52. The first-order valence-electron chi connectivity index (χ1n) is 6.35. The molecule has 1 aromatic rings. The molecule has 1 aliphatic heterocycles. The molecule has 4 nitrogen and oxygen atoms in total. The van der Waals surface area contributed by atoms with Crippen molar-refractivity contribution in [3.05, 3.63) is 17.7 Å². The number of rotatable bonds is 4. The van der Waals surface area contributed by atoms with Crippen LogP contribution in [0.3, 0.4) is 0 Å². The predicted molar refractivity (Wildman–Crippen MR) is 73.8 cm³/mol. The molecular formula is C14H22N2O2. The minimum atomic E-state index is -0.0106. The topological polar surface area (TPSA) is 42.5 Å². The molecule has 0 fully saturated rings. The van der Waals surface area contributed by atoms with E-state index in [9.17, 15) is 0 Å². The van der Waals surface area contributed by atoms with Gasteiger partial charge in [0.2, 0.25) is 0 Å². The standard InChI is InChI=1S/C14H22N2O2/c1-10-7-12-13(18-6-5-17-12)8-11(10)16-14(2,3)9-15-4/h7-8,15-16H,5-6,9H2,1-4H3. The van der Waals surface area contributed by atoms with Gasteiger partial charge in [0.1, 0.15) is 13.2 Å². The largest absolute Gasteiger partial charge is 0.486 e. The highest BCUT2D eigenvalue weighted by Crippen LogP contribution is 2.36. The average Bonchev–Trinajstić information content (AvgIpc) is 2.29. The van der Waals surface area contributed by atoms with Gasteiger partial charge in [0.15, 0.2) is 11.5 Å². The Morgan fingerprint density at radius 1 is 1.17 bits per heavy atom. The highest BCUT2D eigenvalue weighted by molar-refractivity contribution is 5.61. The van der Waals surface area contributed by atoms with E-state index in [4.69, 9.17) is 9.47 Å². The molecule has 2 N–H and O–H groups in total. The maximum atomic E-state index is 5.61. The fourth-order valence-corrected chi connectivity index (χ4v) is 2.18. The van der Waals surface area contributed by atoms with Crippen molar-refractivity contribution in [2.75, 3.05) is 32.1 Å². The third-order valence-electron chi connectivity index (χ3n) is 2.98. The highest BCUT2D eigenvalue weighted by atomic mass is 16.6. The molecule has 0 atom stereocenters. The maximum Gasteiger partial charge on any atom is 0.163 e. The lowest BCUT2D eigenvalue weighted by molar-refractivity contribution is 0.171. The Hall–Kier alpha value is -1.42. The zero-order valence-electron chi connectivity index (χ0n) is 11.6. The Labute approximate surface area is 109 Å². The van der Waals surface area contributed by atoms with E-state index < -0.39 is 0 Å². The van der Waals surface area contributed by atoms with Crippen LogP contribution in [0.25, 0.3) is 0 Å². The van der Waals surface area contributed by atoms with Crippen molar-refractivity contribution in [3.8, 4) is 11.5 Å². The fraction of sp³-hybridized carbons (Fsp3) is 0.571. The molecule has 0 amide bonds. The normalized spacial score (nSPS) is 14.4. The molecule has 1 aliphatic rings. The lowest BCUT2D eigenvalue weighted by Gasteiger charge is -2.29. The summed E-state index contributed by atoms with van der Waals surface area (Å²) in [6.07, 6.45) is 0. The number of hydrogen-bond donors (Lipinski definition) is 2. The van der Waals surface area contributed by atoms with Gasteiger partial charge in [-0.2, -0.15) is 0 Å². The maximum absolute atomic E-state index is 5.61. The summed E-state index contributed by atoms with van der Waals surface area (Å²) in [5.41, 5.74) is 2.26. The smallest absolute Gasteiger partial charge is 0.163 e. The summed E-state index contributed by atoms with van der Waals surface area (Å²) in [5.74, 6) is 1.67. The van der Waals surface area contributed by atoms with Crippen LogP contribution >= 0.6 is 0 Å². The fourth-order valence-electron chi connectivity index (χ4n) is 2.18. The van der Waals surface area contributed by atoms with E-state index in [-0.39, 0.29) is 5.54 Å². The number of hydrogen-bond acceptors (Lipinski definition) is 4. The van der Waals surface area contributed by atoms with Gasteiger partial charge in [-0.25, -0.2) is 0 Å². The van der Waals surface area contributed by atoms with Crippen LogP contribution in [0.2, 0.25) is 0 Å². The van der Waals surface area contributed by atoms with Crippen LogP contribution in [0.5, 0.6) is 11.5 Å². The zero-order chi connectivity index (χ0) is 13.2. The van der Waals surface area contributed by atoms with Crippen molar-refractivity contribution in [1.82, 2.24) is 5.32 Å². The minimum Gasteiger partial charge on any atom is -0.486 e. The molecule has 0 unspecified atom stereocenters. The third-order valence-corrected chi connectivity index (χ3v) is 2.98. The van der Waals surface area contributed by atoms with Gasteiger partial charge < -0.3 is 20.1 Å². The number of ether oxygens (including phenoxy) is 2. The van der Waals surface area contributed by atoms with Gasteiger partial charge in [-0.1, -0.05) is 0 Å². The first-order valence-corrected chi connectivity index (χ1v) is 6.35.